The lowest BCUT2D eigenvalue weighted by atomic mass is 10.2. The first-order chi connectivity index (χ1) is 11.8. The molecule has 0 atom stereocenters. The van der Waals surface area contributed by atoms with E-state index in [1.807, 2.05) is 16.3 Å². The number of carbonyl (C=O) groups is 1. The van der Waals surface area contributed by atoms with Crippen molar-refractivity contribution in [3.05, 3.63) is 33.9 Å². The first kappa shape index (κ1) is 20.8. The lowest BCUT2D eigenvalue weighted by Gasteiger charge is -2.35. The zero-order valence-electron chi connectivity index (χ0n) is 13.7. The molecular formula is C15H18Cl2N6OS2. The van der Waals surface area contributed by atoms with Gasteiger partial charge in [-0.1, -0.05) is 0 Å². The molecule has 0 aromatic carbocycles. The Morgan fingerprint density at radius 1 is 1.15 bits per heavy atom. The van der Waals surface area contributed by atoms with E-state index in [-0.39, 0.29) is 30.7 Å². The molecule has 1 amide bonds. The molecule has 1 fully saturated rings. The van der Waals surface area contributed by atoms with Gasteiger partial charge in [-0.15, -0.1) is 47.5 Å². The summed E-state index contributed by atoms with van der Waals surface area (Å²) in [5, 5.41) is 4.61. The third-order valence-corrected chi connectivity index (χ3v) is 5.81. The van der Waals surface area contributed by atoms with Crippen molar-refractivity contribution in [3.8, 4) is 0 Å². The summed E-state index contributed by atoms with van der Waals surface area (Å²) >= 11 is 3.08. The van der Waals surface area contributed by atoms with Crippen molar-refractivity contribution in [2.75, 3.05) is 31.1 Å². The lowest BCUT2D eigenvalue weighted by molar-refractivity contribution is 0.0741. The molecular weight excluding hydrogens is 415 g/mol. The van der Waals surface area contributed by atoms with E-state index in [0.29, 0.717) is 25.3 Å². The van der Waals surface area contributed by atoms with E-state index in [0.717, 1.165) is 34.1 Å². The maximum Gasteiger partial charge on any atom is 0.273 e. The van der Waals surface area contributed by atoms with Crippen LogP contribution in [0.2, 0.25) is 0 Å². The van der Waals surface area contributed by atoms with Gasteiger partial charge in [0.15, 0.2) is 0 Å². The molecule has 4 heterocycles. The molecule has 3 aromatic rings. The number of piperazine rings is 1. The Morgan fingerprint density at radius 3 is 2.62 bits per heavy atom. The minimum atomic E-state index is -0.0189. The van der Waals surface area contributed by atoms with Crippen molar-refractivity contribution < 1.29 is 4.79 Å². The normalized spacial score (nSPS) is 14.0. The topological polar surface area (TPSA) is 88.2 Å². The van der Waals surface area contributed by atoms with Gasteiger partial charge in [-0.3, -0.25) is 4.79 Å². The number of halogens is 2. The molecule has 0 spiro atoms. The van der Waals surface area contributed by atoms with E-state index in [4.69, 9.17) is 5.73 Å². The van der Waals surface area contributed by atoms with Crippen molar-refractivity contribution in [2.24, 2.45) is 5.73 Å². The predicted octanol–water partition coefficient (Wildman–Crippen LogP) is 2.41. The van der Waals surface area contributed by atoms with Crippen molar-refractivity contribution in [1.29, 1.82) is 0 Å². The van der Waals surface area contributed by atoms with Crippen molar-refractivity contribution >= 4 is 69.4 Å². The van der Waals surface area contributed by atoms with Crippen molar-refractivity contribution in [3.63, 3.8) is 0 Å². The summed E-state index contributed by atoms with van der Waals surface area (Å²) in [5.74, 6) is 0.940. The molecule has 1 saturated heterocycles. The first-order valence-electron chi connectivity index (χ1n) is 7.63. The zero-order chi connectivity index (χ0) is 16.5. The molecule has 4 rings (SSSR count). The summed E-state index contributed by atoms with van der Waals surface area (Å²) in [4.78, 5) is 29.6. The zero-order valence-corrected chi connectivity index (χ0v) is 17.0. The fourth-order valence-electron chi connectivity index (χ4n) is 2.79. The number of carbonyl (C=O) groups excluding carboxylic acids is 1. The Hall–Kier alpha value is -1.52. The van der Waals surface area contributed by atoms with Crippen LogP contribution in [-0.2, 0) is 6.54 Å². The molecule has 2 N–H and O–H groups in total. The largest absolute Gasteiger partial charge is 0.352 e. The quantitative estimate of drug-likeness (QED) is 0.683. The summed E-state index contributed by atoms with van der Waals surface area (Å²) < 4.78 is 1.10. The number of rotatable bonds is 3. The van der Waals surface area contributed by atoms with Gasteiger partial charge in [0.1, 0.15) is 22.8 Å². The average Bonchev–Trinajstić information content (AvgIpc) is 3.30. The third-order valence-electron chi connectivity index (χ3n) is 4.04. The Kier molecular flexibility index (Phi) is 7.13. The fraction of sp³-hybridized carbons (Fsp3) is 0.333. The van der Waals surface area contributed by atoms with Gasteiger partial charge in [-0.25, -0.2) is 15.0 Å². The van der Waals surface area contributed by atoms with Crippen LogP contribution in [0.15, 0.2) is 23.2 Å². The van der Waals surface area contributed by atoms with E-state index >= 15 is 0 Å². The predicted molar refractivity (Wildman–Crippen MR) is 110 cm³/mol. The summed E-state index contributed by atoms with van der Waals surface area (Å²) in [5.41, 5.74) is 7.04. The highest BCUT2D eigenvalue weighted by atomic mass is 35.5. The van der Waals surface area contributed by atoms with E-state index in [1.165, 1.54) is 11.3 Å². The minimum absolute atomic E-state index is 0. The Balaban J connectivity index is 0.00000121. The van der Waals surface area contributed by atoms with Crippen LogP contribution >= 0.6 is 47.5 Å². The third kappa shape index (κ3) is 3.91. The van der Waals surface area contributed by atoms with Gasteiger partial charge in [0.05, 0.1) is 10.2 Å². The van der Waals surface area contributed by atoms with Gasteiger partial charge in [0, 0.05) is 38.1 Å². The van der Waals surface area contributed by atoms with Crippen LogP contribution in [0.3, 0.4) is 0 Å². The molecule has 3 aromatic heterocycles. The second-order valence-electron chi connectivity index (χ2n) is 5.44. The SMILES string of the molecule is Cl.Cl.NCc1nc(C(=O)N2CCN(c3ncnc4ccsc34)CC2)cs1. The van der Waals surface area contributed by atoms with Crippen molar-refractivity contribution in [2.45, 2.75) is 6.54 Å². The Bertz CT molecular complexity index is 878. The standard InChI is InChI=1S/C15H16N6OS2.2ClH/c16-7-12-19-11(8-24-12)15(22)21-4-2-20(3-5-21)14-13-10(1-6-23-13)17-9-18-14;;/h1,6,8-9H,2-5,7,16H2;2*1H. The van der Waals surface area contributed by atoms with Crippen LogP contribution in [0, 0.1) is 0 Å². The van der Waals surface area contributed by atoms with E-state index in [2.05, 4.69) is 19.9 Å². The number of thiazole rings is 1. The van der Waals surface area contributed by atoms with Gasteiger partial charge >= 0.3 is 0 Å². The summed E-state index contributed by atoms with van der Waals surface area (Å²) in [7, 11) is 0. The number of nitrogens with zero attached hydrogens (tertiary/aromatic N) is 5. The molecule has 0 unspecified atom stereocenters. The smallest absolute Gasteiger partial charge is 0.273 e. The molecule has 140 valence electrons. The highest BCUT2D eigenvalue weighted by Gasteiger charge is 2.25. The van der Waals surface area contributed by atoms with Crippen LogP contribution in [0.25, 0.3) is 10.2 Å². The number of anilines is 1. The van der Waals surface area contributed by atoms with Gasteiger partial charge in [-0.2, -0.15) is 0 Å². The fourth-order valence-corrected chi connectivity index (χ4v) is 4.30. The highest BCUT2D eigenvalue weighted by molar-refractivity contribution is 7.17. The van der Waals surface area contributed by atoms with Gasteiger partial charge in [0.2, 0.25) is 0 Å². The lowest BCUT2D eigenvalue weighted by Crippen LogP contribution is -2.49. The summed E-state index contributed by atoms with van der Waals surface area (Å²) in [6, 6.07) is 2.00. The molecule has 0 saturated carbocycles. The first-order valence-corrected chi connectivity index (χ1v) is 9.39. The van der Waals surface area contributed by atoms with Gasteiger partial charge in [0.25, 0.3) is 5.91 Å². The molecule has 1 aliphatic rings. The Labute approximate surface area is 171 Å². The van der Waals surface area contributed by atoms with E-state index in [1.54, 1.807) is 23.0 Å². The Morgan fingerprint density at radius 2 is 1.92 bits per heavy atom. The summed E-state index contributed by atoms with van der Waals surface area (Å²) in [6.07, 6.45) is 1.60. The number of aromatic nitrogens is 3. The average molecular weight is 433 g/mol. The van der Waals surface area contributed by atoms with Crippen LogP contribution in [-0.4, -0.2) is 51.9 Å². The van der Waals surface area contributed by atoms with Crippen LogP contribution in [0.1, 0.15) is 15.5 Å². The molecule has 0 radical (unpaired) electrons. The monoisotopic (exact) mass is 432 g/mol. The number of thiophene rings is 1. The molecule has 1 aliphatic heterocycles. The van der Waals surface area contributed by atoms with Crippen molar-refractivity contribution in [1.82, 2.24) is 19.9 Å². The van der Waals surface area contributed by atoms with Crippen LogP contribution in [0.5, 0.6) is 0 Å². The molecule has 0 aliphatic carbocycles. The number of hydrogen-bond donors (Lipinski definition) is 1. The summed E-state index contributed by atoms with van der Waals surface area (Å²) in [6.45, 7) is 3.19. The molecule has 7 nitrogen and oxygen atoms in total. The van der Waals surface area contributed by atoms with Crippen LogP contribution < -0.4 is 10.6 Å². The van der Waals surface area contributed by atoms with Crippen LogP contribution in [0.4, 0.5) is 5.82 Å². The second-order valence-corrected chi connectivity index (χ2v) is 7.30. The highest BCUT2D eigenvalue weighted by Crippen LogP contribution is 2.28. The molecule has 26 heavy (non-hydrogen) atoms. The number of fused-ring (bicyclic) bond motifs is 1. The van der Waals surface area contributed by atoms with Gasteiger partial charge < -0.3 is 15.5 Å². The maximum absolute atomic E-state index is 12.5. The number of nitrogens with two attached hydrogens (primary N) is 1. The second kappa shape index (κ2) is 8.92. The molecule has 11 heteroatoms. The van der Waals surface area contributed by atoms with Gasteiger partial charge in [-0.05, 0) is 11.4 Å². The number of hydrogen-bond acceptors (Lipinski definition) is 8. The number of amides is 1. The maximum atomic E-state index is 12.5. The minimum Gasteiger partial charge on any atom is -0.352 e. The van der Waals surface area contributed by atoms with E-state index in [9.17, 15) is 4.79 Å². The van der Waals surface area contributed by atoms with E-state index < -0.39 is 0 Å². The molecule has 0 bridgehead atoms.